The Balaban J connectivity index is 2.92. The van der Waals surface area contributed by atoms with Crippen molar-refractivity contribution in [2.75, 3.05) is 11.4 Å². The fourth-order valence-electron chi connectivity index (χ4n) is 1.30. The van der Waals surface area contributed by atoms with Gasteiger partial charge in [-0.15, -0.1) is 11.6 Å². The number of alkyl halides is 1. The Morgan fingerprint density at radius 3 is 2.40 bits per heavy atom. The molecule has 0 bridgehead atoms. The molecule has 82 valence electrons. The van der Waals surface area contributed by atoms with Crippen LogP contribution in [0.1, 0.15) is 13.8 Å². The van der Waals surface area contributed by atoms with Crippen LogP contribution in [-0.4, -0.2) is 17.8 Å². The third kappa shape index (κ3) is 2.93. The third-order valence-electron chi connectivity index (χ3n) is 2.06. The third-order valence-corrected chi connectivity index (χ3v) is 2.25. The molecule has 0 radical (unpaired) electrons. The number of benzene rings is 1. The van der Waals surface area contributed by atoms with Crippen LogP contribution >= 0.6 is 11.6 Å². The molecule has 1 aromatic rings. The van der Waals surface area contributed by atoms with Crippen LogP contribution in [-0.2, 0) is 4.79 Å². The van der Waals surface area contributed by atoms with Crippen LogP contribution < -0.4 is 4.90 Å². The lowest BCUT2D eigenvalue weighted by molar-refractivity contribution is -0.117. The summed E-state index contributed by atoms with van der Waals surface area (Å²) in [4.78, 5) is 13.2. The van der Waals surface area contributed by atoms with Gasteiger partial charge in [0.15, 0.2) is 0 Å². The highest BCUT2D eigenvalue weighted by Crippen LogP contribution is 2.16. The van der Waals surface area contributed by atoms with Crippen LogP contribution in [0.2, 0.25) is 0 Å². The molecular weight excluding hydrogens is 217 g/mol. The van der Waals surface area contributed by atoms with Crippen LogP contribution in [0, 0.1) is 5.82 Å². The summed E-state index contributed by atoms with van der Waals surface area (Å²) in [6, 6.07) is 5.78. The highest BCUT2D eigenvalue weighted by molar-refractivity contribution is 6.32. The zero-order valence-electron chi connectivity index (χ0n) is 8.71. The van der Waals surface area contributed by atoms with Crippen molar-refractivity contribution in [3.8, 4) is 0 Å². The lowest BCUT2D eigenvalue weighted by Gasteiger charge is -2.22. The molecule has 0 aromatic heterocycles. The van der Waals surface area contributed by atoms with Crippen LogP contribution in [0.4, 0.5) is 10.1 Å². The summed E-state index contributed by atoms with van der Waals surface area (Å²) in [5, 5.41) is -0.574. The fourth-order valence-corrected chi connectivity index (χ4v) is 1.42. The number of carbonyl (C=O) groups is 1. The zero-order valence-corrected chi connectivity index (χ0v) is 9.46. The largest absolute Gasteiger partial charge is 0.311 e. The standard InChI is InChI=1S/C11H13ClFNO/c1-3-14(11(15)8(2)12)10-6-4-9(13)5-7-10/h4-8H,3H2,1-2H3. The smallest absolute Gasteiger partial charge is 0.244 e. The van der Waals surface area contributed by atoms with E-state index in [0.29, 0.717) is 12.2 Å². The summed E-state index contributed by atoms with van der Waals surface area (Å²) in [5.74, 6) is -0.494. The molecule has 0 saturated heterocycles. The summed E-state index contributed by atoms with van der Waals surface area (Å²) in [6.07, 6.45) is 0. The van der Waals surface area contributed by atoms with E-state index in [0.717, 1.165) is 0 Å². The highest BCUT2D eigenvalue weighted by atomic mass is 35.5. The summed E-state index contributed by atoms with van der Waals surface area (Å²) < 4.78 is 12.7. The number of hydrogen-bond donors (Lipinski definition) is 0. The van der Waals surface area contributed by atoms with Gasteiger partial charge < -0.3 is 4.90 Å². The molecule has 4 heteroatoms. The summed E-state index contributed by atoms with van der Waals surface area (Å²) >= 11 is 5.72. The summed E-state index contributed by atoms with van der Waals surface area (Å²) in [5.41, 5.74) is 0.663. The van der Waals surface area contributed by atoms with Crippen molar-refractivity contribution in [3.05, 3.63) is 30.1 Å². The molecule has 1 aromatic carbocycles. The number of hydrogen-bond acceptors (Lipinski definition) is 1. The molecular formula is C11H13ClFNO. The second kappa shape index (κ2) is 5.12. The maximum Gasteiger partial charge on any atom is 0.244 e. The number of rotatable bonds is 3. The fraction of sp³-hybridized carbons (Fsp3) is 0.364. The van der Waals surface area contributed by atoms with Crippen LogP contribution in [0.25, 0.3) is 0 Å². The number of carbonyl (C=O) groups excluding carboxylic acids is 1. The predicted molar refractivity (Wildman–Crippen MR) is 59.7 cm³/mol. The average molecular weight is 230 g/mol. The van der Waals surface area contributed by atoms with Gasteiger partial charge in [-0.1, -0.05) is 0 Å². The van der Waals surface area contributed by atoms with Gasteiger partial charge in [0.05, 0.1) is 0 Å². The van der Waals surface area contributed by atoms with E-state index in [9.17, 15) is 9.18 Å². The van der Waals surface area contributed by atoms with Crippen molar-refractivity contribution in [1.29, 1.82) is 0 Å². The Kier molecular flexibility index (Phi) is 4.09. The zero-order chi connectivity index (χ0) is 11.4. The molecule has 0 heterocycles. The van der Waals surface area contributed by atoms with Gasteiger partial charge in [0.2, 0.25) is 5.91 Å². The molecule has 15 heavy (non-hydrogen) atoms. The van der Waals surface area contributed by atoms with E-state index in [1.54, 1.807) is 19.1 Å². The molecule has 2 nitrogen and oxygen atoms in total. The topological polar surface area (TPSA) is 20.3 Å². The lowest BCUT2D eigenvalue weighted by atomic mass is 10.2. The van der Waals surface area contributed by atoms with Gasteiger partial charge in [-0.05, 0) is 38.1 Å². The van der Waals surface area contributed by atoms with Gasteiger partial charge >= 0.3 is 0 Å². The lowest BCUT2D eigenvalue weighted by Crippen LogP contribution is -2.35. The minimum absolute atomic E-state index is 0.175. The number of nitrogens with zero attached hydrogens (tertiary/aromatic N) is 1. The van der Waals surface area contributed by atoms with E-state index in [1.807, 2.05) is 6.92 Å². The Morgan fingerprint density at radius 2 is 2.00 bits per heavy atom. The van der Waals surface area contributed by atoms with Gasteiger partial charge in [-0.2, -0.15) is 0 Å². The molecule has 1 atom stereocenters. The predicted octanol–water partition coefficient (Wildman–Crippen LogP) is 2.81. The van der Waals surface area contributed by atoms with Crippen molar-refractivity contribution < 1.29 is 9.18 Å². The minimum atomic E-state index is -0.574. The molecule has 0 aliphatic heterocycles. The summed E-state index contributed by atoms with van der Waals surface area (Å²) in [7, 11) is 0. The first-order chi connectivity index (χ1) is 7.06. The molecule has 0 spiro atoms. The van der Waals surface area contributed by atoms with Crippen LogP contribution in [0.5, 0.6) is 0 Å². The van der Waals surface area contributed by atoms with E-state index in [2.05, 4.69) is 0 Å². The molecule has 0 N–H and O–H groups in total. The maximum atomic E-state index is 12.7. The van der Waals surface area contributed by atoms with E-state index in [4.69, 9.17) is 11.6 Å². The van der Waals surface area contributed by atoms with Gasteiger partial charge in [-0.3, -0.25) is 4.79 Å². The van der Waals surface area contributed by atoms with E-state index in [1.165, 1.54) is 17.0 Å². The first kappa shape index (κ1) is 12.0. The first-order valence-electron chi connectivity index (χ1n) is 4.77. The molecule has 1 rings (SSSR count). The summed E-state index contributed by atoms with van der Waals surface area (Å²) in [6.45, 7) is 3.98. The number of anilines is 1. The Hall–Kier alpha value is -1.09. The van der Waals surface area contributed by atoms with Gasteiger partial charge in [0.1, 0.15) is 11.2 Å². The van der Waals surface area contributed by atoms with Crippen molar-refractivity contribution >= 4 is 23.2 Å². The monoisotopic (exact) mass is 229 g/mol. The number of amides is 1. The molecule has 1 amide bonds. The first-order valence-corrected chi connectivity index (χ1v) is 5.21. The molecule has 0 saturated carbocycles. The van der Waals surface area contributed by atoms with E-state index in [-0.39, 0.29) is 11.7 Å². The Labute approximate surface area is 93.6 Å². The number of halogens is 2. The van der Waals surface area contributed by atoms with Gasteiger partial charge in [0, 0.05) is 12.2 Å². The Morgan fingerprint density at radius 1 is 1.47 bits per heavy atom. The van der Waals surface area contributed by atoms with Crippen LogP contribution in [0.3, 0.4) is 0 Å². The van der Waals surface area contributed by atoms with E-state index >= 15 is 0 Å². The van der Waals surface area contributed by atoms with Crippen molar-refractivity contribution in [2.24, 2.45) is 0 Å². The maximum absolute atomic E-state index is 12.7. The molecule has 1 unspecified atom stereocenters. The molecule has 0 aliphatic carbocycles. The highest BCUT2D eigenvalue weighted by Gasteiger charge is 2.18. The van der Waals surface area contributed by atoms with Crippen molar-refractivity contribution in [2.45, 2.75) is 19.2 Å². The van der Waals surface area contributed by atoms with Crippen molar-refractivity contribution in [1.82, 2.24) is 0 Å². The van der Waals surface area contributed by atoms with E-state index < -0.39 is 5.38 Å². The van der Waals surface area contributed by atoms with Crippen LogP contribution in [0.15, 0.2) is 24.3 Å². The normalized spacial score (nSPS) is 12.3. The average Bonchev–Trinajstić information content (AvgIpc) is 2.21. The molecule has 0 aliphatic rings. The second-order valence-electron chi connectivity index (χ2n) is 3.17. The van der Waals surface area contributed by atoms with Crippen molar-refractivity contribution in [3.63, 3.8) is 0 Å². The van der Waals surface area contributed by atoms with Gasteiger partial charge in [0.25, 0.3) is 0 Å². The minimum Gasteiger partial charge on any atom is -0.311 e. The second-order valence-corrected chi connectivity index (χ2v) is 3.83. The van der Waals surface area contributed by atoms with Gasteiger partial charge in [-0.25, -0.2) is 4.39 Å². The quantitative estimate of drug-likeness (QED) is 0.730. The SMILES string of the molecule is CCN(C(=O)C(C)Cl)c1ccc(F)cc1. The Bertz CT molecular complexity index is 337. The molecule has 0 fully saturated rings.